The van der Waals surface area contributed by atoms with Gasteiger partial charge in [0, 0.05) is 24.2 Å². The molecule has 1 aromatic heterocycles. The first-order valence-corrected chi connectivity index (χ1v) is 9.23. The fourth-order valence-electron chi connectivity index (χ4n) is 3.35. The SMILES string of the molecule is COC(=O)C1CC(=O)N(c2ccc(-c3nc4ccccc4s3)cc2C)C1. The highest BCUT2D eigenvalue weighted by atomic mass is 32.1. The molecule has 1 atom stereocenters. The van der Waals surface area contributed by atoms with Crippen LogP contribution in [0.25, 0.3) is 20.8 Å². The predicted octanol–water partition coefficient (Wildman–Crippen LogP) is 3.80. The highest BCUT2D eigenvalue weighted by Gasteiger charge is 2.36. The Morgan fingerprint density at radius 1 is 1.27 bits per heavy atom. The van der Waals surface area contributed by atoms with Crippen molar-refractivity contribution in [1.82, 2.24) is 4.98 Å². The second-order valence-electron chi connectivity index (χ2n) is 6.42. The summed E-state index contributed by atoms with van der Waals surface area (Å²) >= 11 is 1.65. The highest BCUT2D eigenvalue weighted by Crippen LogP contribution is 2.34. The number of thiazole rings is 1. The molecule has 5 nitrogen and oxygen atoms in total. The second kappa shape index (κ2) is 6.53. The number of fused-ring (bicyclic) bond motifs is 1. The van der Waals surface area contributed by atoms with E-state index in [0.717, 1.165) is 32.0 Å². The van der Waals surface area contributed by atoms with E-state index >= 15 is 0 Å². The number of ether oxygens (including phenoxy) is 1. The Morgan fingerprint density at radius 3 is 2.81 bits per heavy atom. The van der Waals surface area contributed by atoms with Crippen LogP contribution < -0.4 is 4.90 Å². The van der Waals surface area contributed by atoms with Crippen LogP contribution in [-0.4, -0.2) is 30.5 Å². The van der Waals surface area contributed by atoms with Crippen LogP contribution in [-0.2, 0) is 14.3 Å². The van der Waals surface area contributed by atoms with Crippen molar-refractivity contribution in [2.45, 2.75) is 13.3 Å². The van der Waals surface area contributed by atoms with Gasteiger partial charge in [0.2, 0.25) is 5.91 Å². The van der Waals surface area contributed by atoms with Gasteiger partial charge in [0.15, 0.2) is 0 Å². The Hall–Kier alpha value is -2.73. The number of amides is 1. The Balaban J connectivity index is 1.64. The van der Waals surface area contributed by atoms with E-state index in [1.165, 1.54) is 7.11 Å². The number of esters is 1. The molecular weight excluding hydrogens is 348 g/mol. The first-order valence-electron chi connectivity index (χ1n) is 8.41. The third-order valence-electron chi connectivity index (χ3n) is 4.69. The lowest BCUT2D eigenvalue weighted by Gasteiger charge is -2.19. The van der Waals surface area contributed by atoms with Crippen LogP contribution in [0.15, 0.2) is 42.5 Å². The standard InChI is InChI=1S/C20H18N2O3S/c1-12-9-13(19-21-15-5-3-4-6-17(15)26-19)7-8-16(12)22-11-14(10-18(22)23)20(24)25-2/h3-9,14H,10-11H2,1-2H3. The van der Waals surface area contributed by atoms with Crippen LogP contribution in [0.5, 0.6) is 0 Å². The smallest absolute Gasteiger partial charge is 0.311 e. The molecule has 1 unspecified atom stereocenters. The largest absolute Gasteiger partial charge is 0.469 e. The Labute approximate surface area is 155 Å². The van der Waals surface area contributed by atoms with Gasteiger partial charge < -0.3 is 9.64 Å². The number of carbonyl (C=O) groups excluding carboxylic acids is 2. The number of hydrogen-bond acceptors (Lipinski definition) is 5. The number of para-hydroxylation sites is 1. The lowest BCUT2D eigenvalue weighted by Crippen LogP contribution is -2.26. The fourth-order valence-corrected chi connectivity index (χ4v) is 4.31. The van der Waals surface area contributed by atoms with Gasteiger partial charge in [-0.15, -0.1) is 11.3 Å². The molecule has 132 valence electrons. The molecule has 1 amide bonds. The van der Waals surface area contributed by atoms with E-state index in [-0.39, 0.29) is 18.3 Å². The zero-order chi connectivity index (χ0) is 18.3. The maximum atomic E-state index is 12.3. The Bertz CT molecular complexity index is 978. The summed E-state index contributed by atoms with van der Waals surface area (Å²) in [5.41, 5.74) is 3.85. The minimum Gasteiger partial charge on any atom is -0.469 e. The molecule has 1 saturated heterocycles. The molecule has 6 heteroatoms. The number of nitrogens with zero attached hydrogens (tertiary/aromatic N) is 2. The van der Waals surface area contributed by atoms with E-state index < -0.39 is 5.92 Å². The van der Waals surface area contributed by atoms with Crippen LogP contribution in [0.3, 0.4) is 0 Å². The van der Waals surface area contributed by atoms with Gasteiger partial charge >= 0.3 is 5.97 Å². The summed E-state index contributed by atoms with van der Waals surface area (Å²) in [6.07, 6.45) is 0.200. The van der Waals surface area contributed by atoms with Crippen molar-refractivity contribution in [3.63, 3.8) is 0 Å². The van der Waals surface area contributed by atoms with Crippen molar-refractivity contribution < 1.29 is 14.3 Å². The Morgan fingerprint density at radius 2 is 2.08 bits per heavy atom. The molecule has 0 radical (unpaired) electrons. The molecule has 3 aromatic rings. The van der Waals surface area contributed by atoms with Gasteiger partial charge in [0.25, 0.3) is 0 Å². The third kappa shape index (κ3) is 2.86. The number of hydrogen-bond donors (Lipinski definition) is 0. The van der Waals surface area contributed by atoms with E-state index in [0.29, 0.717) is 6.54 Å². The number of carbonyl (C=O) groups is 2. The molecule has 0 spiro atoms. The van der Waals surface area contributed by atoms with Gasteiger partial charge in [-0.05, 0) is 42.8 Å². The minimum absolute atomic E-state index is 0.0452. The van der Waals surface area contributed by atoms with Gasteiger partial charge in [0.05, 0.1) is 23.2 Å². The van der Waals surface area contributed by atoms with Crippen molar-refractivity contribution in [3.05, 3.63) is 48.0 Å². The van der Waals surface area contributed by atoms with Crippen molar-refractivity contribution in [2.24, 2.45) is 5.92 Å². The van der Waals surface area contributed by atoms with E-state index in [1.807, 2.05) is 43.3 Å². The molecule has 2 heterocycles. The van der Waals surface area contributed by atoms with Crippen molar-refractivity contribution >= 4 is 39.1 Å². The van der Waals surface area contributed by atoms with E-state index in [1.54, 1.807) is 16.2 Å². The van der Waals surface area contributed by atoms with E-state index in [9.17, 15) is 9.59 Å². The topological polar surface area (TPSA) is 59.5 Å². The zero-order valence-electron chi connectivity index (χ0n) is 14.6. The first-order chi connectivity index (χ1) is 12.6. The summed E-state index contributed by atoms with van der Waals surface area (Å²) in [6.45, 7) is 2.34. The molecule has 0 N–H and O–H groups in total. The number of aryl methyl sites for hydroxylation is 1. The summed E-state index contributed by atoms with van der Waals surface area (Å²) in [5.74, 6) is -0.767. The fraction of sp³-hybridized carbons (Fsp3) is 0.250. The highest BCUT2D eigenvalue weighted by molar-refractivity contribution is 7.21. The summed E-state index contributed by atoms with van der Waals surface area (Å²) in [6, 6.07) is 14.0. The molecule has 0 saturated carbocycles. The average Bonchev–Trinajstić information content (AvgIpc) is 3.24. The first kappa shape index (κ1) is 16.7. The summed E-state index contributed by atoms with van der Waals surface area (Å²) in [4.78, 5) is 30.4. The Kier molecular flexibility index (Phi) is 4.20. The third-order valence-corrected chi connectivity index (χ3v) is 5.77. The number of anilines is 1. The lowest BCUT2D eigenvalue weighted by atomic mass is 10.1. The van der Waals surface area contributed by atoms with Gasteiger partial charge in [0.1, 0.15) is 5.01 Å². The maximum absolute atomic E-state index is 12.3. The number of aromatic nitrogens is 1. The monoisotopic (exact) mass is 366 g/mol. The quantitative estimate of drug-likeness (QED) is 0.662. The molecule has 2 aromatic carbocycles. The molecule has 1 aliphatic rings. The van der Waals surface area contributed by atoms with Crippen LogP contribution in [0.4, 0.5) is 5.69 Å². The van der Waals surface area contributed by atoms with Crippen LogP contribution in [0.2, 0.25) is 0 Å². The maximum Gasteiger partial charge on any atom is 0.311 e. The molecule has 26 heavy (non-hydrogen) atoms. The summed E-state index contributed by atoms with van der Waals surface area (Å²) < 4.78 is 5.93. The van der Waals surface area contributed by atoms with Gasteiger partial charge in [-0.25, -0.2) is 4.98 Å². The minimum atomic E-state index is -0.393. The van der Waals surface area contributed by atoms with E-state index in [4.69, 9.17) is 4.74 Å². The zero-order valence-corrected chi connectivity index (χ0v) is 15.4. The predicted molar refractivity (Wildman–Crippen MR) is 102 cm³/mol. The van der Waals surface area contributed by atoms with Crippen molar-refractivity contribution in [3.8, 4) is 10.6 Å². The lowest BCUT2D eigenvalue weighted by molar-refractivity contribution is -0.145. The summed E-state index contributed by atoms with van der Waals surface area (Å²) in [5, 5.41) is 0.959. The van der Waals surface area contributed by atoms with E-state index in [2.05, 4.69) is 11.1 Å². The molecule has 0 aliphatic carbocycles. The van der Waals surface area contributed by atoms with Crippen LogP contribution >= 0.6 is 11.3 Å². The van der Waals surface area contributed by atoms with Gasteiger partial charge in [-0.1, -0.05) is 12.1 Å². The molecule has 1 fully saturated rings. The molecule has 1 aliphatic heterocycles. The molecule has 0 bridgehead atoms. The summed E-state index contributed by atoms with van der Waals surface area (Å²) in [7, 11) is 1.35. The van der Waals surface area contributed by atoms with Crippen molar-refractivity contribution in [2.75, 3.05) is 18.6 Å². The van der Waals surface area contributed by atoms with Crippen LogP contribution in [0, 0.1) is 12.8 Å². The second-order valence-corrected chi connectivity index (χ2v) is 7.45. The van der Waals surface area contributed by atoms with Crippen molar-refractivity contribution in [1.29, 1.82) is 0 Å². The number of methoxy groups -OCH3 is 1. The number of rotatable bonds is 3. The van der Waals surface area contributed by atoms with Gasteiger partial charge in [-0.2, -0.15) is 0 Å². The molecule has 4 rings (SSSR count). The average molecular weight is 366 g/mol. The number of benzene rings is 2. The normalized spacial score (nSPS) is 17.1. The van der Waals surface area contributed by atoms with Crippen LogP contribution in [0.1, 0.15) is 12.0 Å². The van der Waals surface area contributed by atoms with Gasteiger partial charge in [-0.3, -0.25) is 9.59 Å². The molecular formula is C20H18N2O3S.